The number of fused-ring (bicyclic) bond motifs is 1. The van der Waals surface area contributed by atoms with Gasteiger partial charge in [0.1, 0.15) is 10.9 Å². The molecule has 0 radical (unpaired) electrons. The highest BCUT2D eigenvalue weighted by Gasteiger charge is 2.36. The molecule has 0 aliphatic carbocycles. The summed E-state index contributed by atoms with van der Waals surface area (Å²) in [7, 11) is 0. The van der Waals surface area contributed by atoms with Crippen LogP contribution in [0, 0.1) is 0 Å². The van der Waals surface area contributed by atoms with Gasteiger partial charge in [-0.05, 0) is 24.5 Å². The van der Waals surface area contributed by atoms with E-state index in [-0.39, 0.29) is 5.91 Å². The number of thiocarbonyl (C=S) groups is 1. The van der Waals surface area contributed by atoms with E-state index in [1.807, 2.05) is 30.5 Å². The number of hydrogen-bond acceptors (Lipinski definition) is 4. The SMILES string of the molecule is CCCCC(=C1SC(=S)N(CC(=O)O)C1=O)c1c[nH]c2ccccc12. The molecule has 0 unspecified atom stereocenters. The summed E-state index contributed by atoms with van der Waals surface area (Å²) >= 11 is 6.43. The number of nitrogens with one attached hydrogen (secondary N) is 1. The second-order valence-corrected chi connectivity index (χ2v) is 7.46. The smallest absolute Gasteiger partial charge is 0.323 e. The Morgan fingerprint density at radius 3 is 2.84 bits per heavy atom. The van der Waals surface area contributed by atoms with Crippen LogP contribution in [0.25, 0.3) is 16.5 Å². The number of hydrogen-bond donors (Lipinski definition) is 2. The lowest BCUT2D eigenvalue weighted by molar-refractivity contribution is -0.140. The van der Waals surface area contributed by atoms with Gasteiger partial charge in [0.2, 0.25) is 0 Å². The van der Waals surface area contributed by atoms with E-state index in [4.69, 9.17) is 17.3 Å². The molecule has 5 nitrogen and oxygen atoms in total. The molecule has 2 N–H and O–H groups in total. The summed E-state index contributed by atoms with van der Waals surface area (Å²) in [4.78, 5) is 28.7. The van der Waals surface area contributed by atoms with E-state index >= 15 is 0 Å². The van der Waals surface area contributed by atoms with Crippen LogP contribution in [-0.2, 0) is 9.59 Å². The van der Waals surface area contributed by atoms with Gasteiger partial charge < -0.3 is 10.1 Å². The third kappa shape index (κ3) is 3.48. The molecule has 1 saturated heterocycles. The number of unbranched alkanes of at least 4 members (excludes halogenated alkanes) is 1. The summed E-state index contributed by atoms with van der Waals surface area (Å²) in [6, 6.07) is 7.93. The number of rotatable bonds is 6. The third-order valence-electron chi connectivity index (χ3n) is 4.11. The van der Waals surface area contributed by atoms with Crippen molar-refractivity contribution in [1.29, 1.82) is 0 Å². The molecule has 2 aromatic rings. The fraction of sp³-hybridized carbons (Fsp3) is 0.278. The van der Waals surface area contributed by atoms with E-state index in [9.17, 15) is 9.59 Å². The number of para-hydroxylation sites is 1. The Bertz CT molecular complexity index is 885. The molecule has 0 spiro atoms. The van der Waals surface area contributed by atoms with Gasteiger partial charge in [-0.15, -0.1) is 0 Å². The Labute approximate surface area is 155 Å². The van der Waals surface area contributed by atoms with Crippen LogP contribution < -0.4 is 0 Å². The van der Waals surface area contributed by atoms with E-state index in [0.717, 1.165) is 41.3 Å². The first-order valence-corrected chi connectivity index (χ1v) is 9.30. The number of amides is 1. The number of thioether (sulfide) groups is 1. The molecule has 0 atom stereocenters. The first kappa shape index (κ1) is 17.7. The molecule has 3 rings (SSSR count). The van der Waals surface area contributed by atoms with Crippen molar-refractivity contribution in [3.63, 3.8) is 0 Å². The highest BCUT2D eigenvalue weighted by atomic mass is 32.2. The van der Waals surface area contributed by atoms with Crippen molar-refractivity contribution < 1.29 is 14.7 Å². The van der Waals surface area contributed by atoms with Gasteiger partial charge in [0.25, 0.3) is 5.91 Å². The van der Waals surface area contributed by atoms with Gasteiger partial charge in [0.15, 0.2) is 0 Å². The molecule has 1 amide bonds. The first-order valence-electron chi connectivity index (χ1n) is 8.08. The summed E-state index contributed by atoms with van der Waals surface area (Å²) in [5, 5.41) is 10.1. The van der Waals surface area contributed by atoms with Gasteiger partial charge in [-0.2, -0.15) is 0 Å². The largest absolute Gasteiger partial charge is 0.480 e. The minimum absolute atomic E-state index is 0.302. The van der Waals surface area contributed by atoms with Crippen molar-refractivity contribution in [2.75, 3.05) is 6.54 Å². The molecule has 2 heterocycles. The van der Waals surface area contributed by atoms with Gasteiger partial charge in [0, 0.05) is 22.7 Å². The molecular weight excluding hydrogens is 356 g/mol. The molecule has 25 heavy (non-hydrogen) atoms. The number of carbonyl (C=O) groups excluding carboxylic acids is 1. The molecule has 7 heteroatoms. The number of carboxylic acid groups (broad SMARTS) is 1. The fourth-order valence-corrected chi connectivity index (χ4v) is 4.26. The van der Waals surface area contributed by atoms with E-state index in [2.05, 4.69) is 11.9 Å². The van der Waals surface area contributed by atoms with Crippen molar-refractivity contribution in [3.8, 4) is 0 Å². The number of aromatic nitrogens is 1. The number of benzene rings is 1. The minimum atomic E-state index is -1.07. The van der Waals surface area contributed by atoms with Crippen LogP contribution in [-0.4, -0.2) is 37.7 Å². The number of aromatic amines is 1. The van der Waals surface area contributed by atoms with E-state index in [1.165, 1.54) is 16.7 Å². The molecule has 1 aromatic carbocycles. The molecule has 130 valence electrons. The van der Waals surface area contributed by atoms with Gasteiger partial charge in [-0.25, -0.2) is 0 Å². The van der Waals surface area contributed by atoms with Crippen molar-refractivity contribution in [2.45, 2.75) is 26.2 Å². The van der Waals surface area contributed by atoms with Gasteiger partial charge in [0.05, 0.1) is 4.91 Å². The minimum Gasteiger partial charge on any atom is -0.480 e. The van der Waals surface area contributed by atoms with Gasteiger partial charge in [-0.3, -0.25) is 14.5 Å². The Morgan fingerprint density at radius 2 is 2.12 bits per heavy atom. The lowest BCUT2D eigenvalue weighted by Gasteiger charge is -2.12. The van der Waals surface area contributed by atoms with Crippen molar-refractivity contribution in [2.24, 2.45) is 0 Å². The lowest BCUT2D eigenvalue weighted by atomic mass is 9.99. The molecule has 1 aliphatic rings. The van der Waals surface area contributed by atoms with Crippen molar-refractivity contribution in [1.82, 2.24) is 9.88 Å². The number of H-pyrrole nitrogens is 1. The summed E-state index contributed by atoms with van der Waals surface area (Å²) in [6.45, 7) is 1.70. The predicted octanol–water partition coefficient (Wildman–Crippen LogP) is 4.01. The molecule has 0 saturated carbocycles. The van der Waals surface area contributed by atoms with Crippen LogP contribution in [0.5, 0.6) is 0 Å². The Kier molecular flexibility index (Phi) is 5.24. The van der Waals surface area contributed by atoms with Crippen LogP contribution >= 0.6 is 24.0 Å². The molecular formula is C18H18N2O3S2. The molecule has 1 aromatic heterocycles. The standard InChI is InChI=1S/C18H18N2O3S2/c1-2-3-6-12(13-9-19-14-8-5-4-7-11(13)14)16-17(23)20(10-15(21)22)18(24)25-16/h4-5,7-9,19H,2-3,6,10H2,1H3,(H,21,22). The second-order valence-electron chi connectivity index (χ2n) is 5.81. The zero-order valence-corrected chi connectivity index (χ0v) is 15.4. The van der Waals surface area contributed by atoms with Crippen LogP contribution in [0.1, 0.15) is 31.7 Å². The maximum absolute atomic E-state index is 12.8. The van der Waals surface area contributed by atoms with Crippen molar-refractivity contribution >= 4 is 56.7 Å². The topological polar surface area (TPSA) is 73.4 Å². The number of aliphatic carboxylic acids is 1. The van der Waals surface area contributed by atoms with Gasteiger partial charge in [-0.1, -0.05) is 55.5 Å². The van der Waals surface area contributed by atoms with Gasteiger partial charge >= 0.3 is 5.97 Å². The lowest BCUT2D eigenvalue weighted by Crippen LogP contribution is -2.33. The second kappa shape index (κ2) is 7.41. The zero-order valence-electron chi connectivity index (χ0n) is 13.7. The monoisotopic (exact) mass is 374 g/mol. The number of nitrogens with zero attached hydrogens (tertiary/aromatic N) is 1. The maximum Gasteiger partial charge on any atom is 0.323 e. The summed E-state index contributed by atoms with van der Waals surface area (Å²) in [5.74, 6) is -1.38. The van der Waals surface area contributed by atoms with Crippen LogP contribution in [0.2, 0.25) is 0 Å². The maximum atomic E-state index is 12.8. The third-order valence-corrected chi connectivity index (χ3v) is 5.60. The zero-order chi connectivity index (χ0) is 18.0. The van der Waals surface area contributed by atoms with Crippen LogP contribution in [0.3, 0.4) is 0 Å². The fourth-order valence-electron chi connectivity index (χ4n) is 2.90. The van der Waals surface area contributed by atoms with E-state index < -0.39 is 12.5 Å². The van der Waals surface area contributed by atoms with Crippen LogP contribution in [0.15, 0.2) is 35.4 Å². The molecule has 0 bridgehead atoms. The van der Waals surface area contributed by atoms with E-state index in [1.54, 1.807) is 0 Å². The average molecular weight is 374 g/mol. The Morgan fingerprint density at radius 1 is 1.36 bits per heavy atom. The van der Waals surface area contributed by atoms with E-state index in [0.29, 0.717) is 9.23 Å². The first-order chi connectivity index (χ1) is 12.0. The normalized spacial score (nSPS) is 16.8. The molecule has 1 aliphatic heterocycles. The molecule has 1 fully saturated rings. The summed E-state index contributed by atoms with van der Waals surface area (Å²) in [6.07, 6.45) is 4.61. The predicted molar refractivity (Wildman–Crippen MR) is 104 cm³/mol. The number of carbonyl (C=O) groups is 2. The average Bonchev–Trinajstić information content (AvgIpc) is 3.12. The highest BCUT2D eigenvalue weighted by molar-refractivity contribution is 8.26. The summed E-state index contributed by atoms with van der Waals surface area (Å²) < 4.78 is 0.302. The summed E-state index contributed by atoms with van der Waals surface area (Å²) in [5.41, 5.74) is 2.93. The van der Waals surface area contributed by atoms with Crippen LogP contribution in [0.4, 0.5) is 0 Å². The Hall–Kier alpha value is -2.12. The Balaban J connectivity index is 2.09. The number of allylic oxidation sites excluding steroid dienone is 1. The van der Waals surface area contributed by atoms with Crippen molar-refractivity contribution in [3.05, 3.63) is 40.9 Å². The number of carboxylic acids is 1. The highest BCUT2D eigenvalue weighted by Crippen LogP contribution is 2.40. The quantitative estimate of drug-likeness (QED) is 0.590.